The normalized spacial score (nSPS) is 24.6. The Bertz CT molecular complexity index is 426. The second-order valence-electron chi connectivity index (χ2n) is 4.43. The van der Waals surface area contributed by atoms with Gasteiger partial charge in [0.2, 0.25) is 5.91 Å². The van der Waals surface area contributed by atoms with E-state index in [-0.39, 0.29) is 17.6 Å². The van der Waals surface area contributed by atoms with E-state index < -0.39 is 0 Å². The lowest BCUT2D eigenvalue weighted by atomic mass is 9.87. The van der Waals surface area contributed by atoms with Crippen molar-refractivity contribution < 1.29 is 9.18 Å². The molecule has 1 saturated carbocycles. The number of fused-ring (bicyclic) bond motifs is 1. The molecule has 1 atom stereocenters. The van der Waals surface area contributed by atoms with Crippen LogP contribution in [-0.2, 0) is 4.79 Å². The summed E-state index contributed by atoms with van der Waals surface area (Å²) in [5.74, 6) is 0.683. The van der Waals surface area contributed by atoms with Crippen LogP contribution in [0.5, 0.6) is 0 Å². The van der Waals surface area contributed by atoms with Crippen molar-refractivity contribution in [1.29, 1.82) is 0 Å². The molecule has 1 heterocycles. The Morgan fingerprint density at radius 3 is 2.87 bits per heavy atom. The van der Waals surface area contributed by atoms with Crippen LogP contribution in [0.4, 0.5) is 10.1 Å². The highest BCUT2D eigenvalue weighted by Gasteiger charge is 2.37. The maximum Gasteiger partial charge on any atom is 0.225 e. The van der Waals surface area contributed by atoms with Gasteiger partial charge in [0.25, 0.3) is 0 Å². The fourth-order valence-electron chi connectivity index (χ4n) is 2.38. The van der Waals surface area contributed by atoms with Crippen molar-refractivity contribution in [3.63, 3.8) is 0 Å². The van der Waals surface area contributed by atoms with E-state index >= 15 is 0 Å². The fourth-order valence-corrected chi connectivity index (χ4v) is 2.38. The molecule has 1 fully saturated rings. The van der Waals surface area contributed by atoms with Crippen LogP contribution in [0.15, 0.2) is 18.2 Å². The predicted molar refractivity (Wildman–Crippen MR) is 55.1 cm³/mol. The van der Waals surface area contributed by atoms with E-state index in [1.807, 2.05) is 0 Å². The minimum atomic E-state index is -0.212. The SMILES string of the molecule is O=C1CC(C2CC2)c2cc(F)ccc2N1. The number of benzene rings is 1. The molecule has 0 aromatic heterocycles. The molecule has 78 valence electrons. The summed E-state index contributed by atoms with van der Waals surface area (Å²) >= 11 is 0. The third-order valence-corrected chi connectivity index (χ3v) is 3.28. The summed E-state index contributed by atoms with van der Waals surface area (Å²) in [6.45, 7) is 0. The van der Waals surface area contributed by atoms with E-state index in [9.17, 15) is 9.18 Å². The maximum absolute atomic E-state index is 13.1. The summed E-state index contributed by atoms with van der Waals surface area (Å²) in [6.07, 6.45) is 2.86. The van der Waals surface area contributed by atoms with E-state index in [4.69, 9.17) is 0 Å². The summed E-state index contributed by atoms with van der Waals surface area (Å²) in [7, 11) is 0. The minimum absolute atomic E-state index is 0.0611. The highest BCUT2D eigenvalue weighted by atomic mass is 19.1. The molecule has 1 aromatic carbocycles. The number of carbonyl (C=O) groups is 1. The van der Waals surface area contributed by atoms with Crippen LogP contribution in [0.1, 0.15) is 30.7 Å². The van der Waals surface area contributed by atoms with Gasteiger partial charge in [-0.1, -0.05) is 0 Å². The average Bonchev–Trinajstić information content (AvgIpc) is 3.01. The Kier molecular flexibility index (Phi) is 1.81. The van der Waals surface area contributed by atoms with Crippen LogP contribution < -0.4 is 5.32 Å². The van der Waals surface area contributed by atoms with Crippen molar-refractivity contribution in [3.05, 3.63) is 29.6 Å². The number of rotatable bonds is 1. The predicted octanol–water partition coefficient (Wildman–Crippen LogP) is 2.66. The van der Waals surface area contributed by atoms with Gasteiger partial charge in [0.1, 0.15) is 5.82 Å². The van der Waals surface area contributed by atoms with E-state index in [1.54, 1.807) is 12.1 Å². The van der Waals surface area contributed by atoms with Crippen LogP contribution in [0.2, 0.25) is 0 Å². The highest BCUT2D eigenvalue weighted by Crippen LogP contribution is 2.48. The van der Waals surface area contributed by atoms with Crippen molar-refractivity contribution in [2.45, 2.75) is 25.2 Å². The molecule has 2 aliphatic rings. The van der Waals surface area contributed by atoms with Crippen LogP contribution in [0.25, 0.3) is 0 Å². The first-order valence-electron chi connectivity index (χ1n) is 5.33. The fraction of sp³-hybridized carbons (Fsp3) is 0.417. The summed E-state index contributed by atoms with van der Waals surface area (Å²) in [4.78, 5) is 11.4. The van der Waals surface area contributed by atoms with Gasteiger partial charge < -0.3 is 5.32 Å². The Morgan fingerprint density at radius 1 is 1.33 bits per heavy atom. The Morgan fingerprint density at radius 2 is 2.13 bits per heavy atom. The molecule has 1 amide bonds. The van der Waals surface area contributed by atoms with Gasteiger partial charge in [-0.15, -0.1) is 0 Å². The lowest BCUT2D eigenvalue weighted by Gasteiger charge is -2.25. The molecule has 0 saturated heterocycles. The topological polar surface area (TPSA) is 29.1 Å². The zero-order valence-electron chi connectivity index (χ0n) is 8.29. The summed E-state index contributed by atoms with van der Waals surface area (Å²) < 4.78 is 13.1. The van der Waals surface area contributed by atoms with E-state index in [0.29, 0.717) is 12.3 Å². The summed E-state index contributed by atoms with van der Waals surface area (Å²) in [5.41, 5.74) is 1.78. The van der Waals surface area contributed by atoms with Crippen LogP contribution in [0.3, 0.4) is 0 Å². The summed E-state index contributed by atoms with van der Waals surface area (Å²) in [6, 6.07) is 4.63. The van der Waals surface area contributed by atoms with Gasteiger partial charge in [-0.2, -0.15) is 0 Å². The molecule has 0 bridgehead atoms. The monoisotopic (exact) mass is 205 g/mol. The molecule has 1 N–H and O–H groups in total. The quantitative estimate of drug-likeness (QED) is 0.750. The zero-order chi connectivity index (χ0) is 10.4. The average molecular weight is 205 g/mol. The van der Waals surface area contributed by atoms with Gasteiger partial charge in [-0.25, -0.2) is 4.39 Å². The molecule has 2 nitrogen and oxygen atoms in total. The molecule has 0 radical (unpaired) electrons. The number of carbonyl (C=O) groups excluding carboxylic acids is 1. The molecule has 15 heavy (non-hydrogen) atoms. The third kappa shape index (κ3) is 1.52. The molecular weight excluding hydrogens is 193 g/mol. The first-order valence-corrected chi connectivity index (χ1v) is 5.33. The van der Waals surface area contributed by atoms with Gasteiger partial charge in [0.05, 0.1) is 0 Å². The van der Waals surface area contributed by atoms with Gasteiger partial charge in [-0.05, 0) is 48.4 Å². The van der Waals surface area contributed by atoms with E-state index in [1.165, 1.54) is 18.9 Å². The van der Waals surface area contributed by atoms with Gasteiger partial charge in [-0.3, -0.25) is 4.79 Å². The Balaban J connectivity index is 2.06. The van der Waals surface area contributed by atoms with Crippen molar-refractivity contribution in [2.24, 2.45) is 5.92 Å². The standard InChI is InChI=1S/C12H12FNO/c13-8-3-4-11-10(5-8)9(7-1-2-7)6-12(15)14-11/h3-5,7,9H,1-2,6H2,(H,14,15). The lowest BCUT2D eigenvalue weighted by molar-refractivity contribution is -0.117. The van der Waals surface area contributed by atoms with Crippen molar-refractivity contribution in [3.8, 4) is 0 Å². The van der Waals surface area contributed by atoms with Crippen molar-refractivity contribution >= 4 is 11.6 Å². The third-order valence-electron chi connectivity index (χ3n) is 3.28. The number of nitrogens with one attached hydrogen (secondary N) is 1. The number of amides is 1. The summed E-state index contributed by atoms with van der Waals surface area (Å²) in [5, 5.41) is 2.79. The molecule has 3 rings (SSSR count). The lowest BCUT2D eigenvalue weighted by Crippen LogP contribution is -2.23. The van der Waals surface area contributed by atoms with Crippen LogP contribution >= 0.6 is 0 Å². The van der Waals surface area contributed by atoms with Gasteiger partial charge in [0, 0.05) is 12.1 Å². The first-order chi connectivity index (χ1) is 7.24. The Labute approximate surface area is 87.5 Å². The second kappa shape index (κ2) is 3.05. The molecule has 0 spiro atoms. The second-order valence-corrected chi connectivity index (χ2v) is 4.43. The van der Waals surface area contributed by atoms with Crippen LogP contribution in [-0.4, -0.2) is 5.91 Å². The van der Waals surface area contributed by atoms with E-state index in [2.05, 4.69) is 5.32 Å². The molecule has 1 aliphatic heterocycles. The molecule has 1 aliphatic carbocycles. The Hall–Kier alpha value is -1.38. The minimum Gasteiger partial charge on any atom is -0.326 e. The number of anilines is 1. The van der Waals surface area contributed by atoms with E-state index in [0.717, 1.165) is 11.3 Å². The van der Waals surface area contributed by atoms with Gasteiger partial charge in [0.15, 0.2) is 0 Å². The van der Waals surface area contributed by atoms with Gasteiger partial charge >= 0.3 is 0 Å². The first kappa shape index (κ1) is 8.89. The molecule has 1 unspecified atom stereocenters. The number of hydrogen-bond donors (Lipinski definition) is 1. The molecule has 3 heteroatoms. The smallest absolute Gasteiger partial charge is 0.225 e. The van der Waals surface area contributed by atoms with Crippen molar-refractivity contribution in [1.82, 2.24) is 0 Å². The maximum atomic E-state index is 13.1. The number of hydrogen-bond acceptors (Lipinski definition) is 1. The number of halogens is 1. The zero-order valence-corrected chi connectivity index (χ0v) is 8.29. The van der Waals surface area contributed by atoms with Crippen molar-refractivity contribution in [2.75, 3.05) is 5.32 Å². The molecular formula is C12H12FNO. The highest BCUT2D eigenvalue weighted by molar-refractivity contribution is 5.94. The van der Waals surface area contributed by atoms with Crippen LogP contribution in [0, 0.1) is 11.7 Å². The molecule has 1 aromatic rings. The largest absolute Gasteiger partial charge is 0.326 e.